The van der Waals surface area contributed by atoms with E-state index < -0.39 is 6.10 Å². The predicted molar refractivity (Wildman–Crippen MR) is 59.1 cm³/mol. The lowest BCUT2D eigenvalue weighted by atomic mass is 10.1. The number of aryl methyl sites for hydroxylation is 1. The first-order valence-electron chi connectivity index (χ1n) is 5.31. The summed E-state index contributed by atoms with van der Waals surface area (Å²) in [6, 6.07) is 0. The molecule has 0 spiro atoms. The maximum absolute atomic E-state index is 9.94. The number of nitrogens with zero attached hydrogens (tertiary/aromatic N) is 2. The first kappa shape index (κ1) is 10.9. The molecule has 1 unspecified atom stereocenters. The van der Waals surface area contributed by atoms with Crippen LogP contribution in [0.3, 0.4) is 0 Å². The van der Waals surface area contributed by atoms with Crippen molar-refractivity contribution in [2.75, 3.05) is 13.6 Å². The molecule has 0 bridgehead atoms. The van der Waals surface area contributed by atoms with Gasteiger partial charge < -0.3 is 15.0 Å². The number of aliphatic hydroxyl groups excluding tert-OH is 1. The van der Waals surface area contributed by atoms with Crippen molar-refractivity contribution in [3.8, 4) is 0 Å². The molecule has 0 aliphatic carbocycles. The predicted octanol–water partition coefficient (Wildman–Crippen LogP) is 1.13. The van der Waals surface area contributed by atoms with Crippen molar-refractivity contribution in [2.45, 2.75) is 31.9 Å². The van der Waals surface area contributed by atoms with Gasteiger partial charge in [-0.15, -0.1) is 0 Å². The van der Waals surface area contributed by atoms with Gasteiger partial charge in [-0.3, -0.25) is 0 Å². The van der Waals surface area contributed by atoms with E-state index in [2.05, 4.69) is 14.9 Å². The highest BCUT2D eigenvalue weighted by Gasteiger charge is 2.23. The monoisotopic (exact) mass is 229 g/mol. The van der Waals surface area contributed by atoms with Crippen molar-refractivity contribution >= 4 is 11.6 Å². The van der Waals surface area contributed by atoms with Crippen LogP contribution in [0.15, 0.2) is 0 Å². The number of rotatable bonds is 3. The molecule has 1 aliphatic heterocycles. The van der Waals surface area contributed by atoms with Crippen molar-refractivity contribution in [3.05, 3.63) is 16.7 Å². The summed E-state index contributed by atoms with van der Waals surface area (Å²) in [6.07, 6.45) is 2.70. The van der Waals surface area contributed by atoms with E-state index in [1.807, 2.05) is 7.05 Å². The van der Waals surface area contributed by atoms with Crippen LogP contribution >= 0.6 is 11.6 Å². The van der Waals surface area contributed by atoms with Gasteiger partial charge in [0.2, 0.25) is 0 Å². The molecule has 0 saturated heterocycles. The lowest BCUT2D eigenvalue weighted by molar-refractivity contribution is 0.167. The number of imidazole rings is 1. The van der Waals surface area contributed by atoms with Gasteiger partial charge in [-0.1, -0.05) is 11.6 Å². The van der Waals surface area contributed by atoms with Gasteiger partial charge >= 0.3 is 0 Å². The Morgan fingerprint density at radius 2 is 2.40 bits per heavy atom. The third-order valence-electron chi connectivity index (χ3n) is 2.79. The second-order valence-electron chi connectivity index (χ2n) is 3.89. The Morgan fingerprint density at radius 1 is 1.60 bits per heavy atom. The lowest BCUT2D eigenvalue weighted by Crippen LogP contribution is -2.21. The topological polar surface area (TPSA) is 50.1 Å². The van der Waals surface area contributed by atoms with Crippen LogP contribution in [0.4, 0.5) is 0 Å². The van der Waals surface area contributed by atoms with Crippen LogP contribution in [-0.4, -0.2) is 28.3 Å². The Morgan fingerprint density at radius 3 is 3.13 bits per heavy atom. The molecule has 2 heterocycles. The molecular weight excluding hydrogens is 214 g/mol. The van der Waals surface area contributed by atoms with Gasteiger partial charge in [0.1, 0.15) is 11.9 Å². The van der Waals surface area contributed by atoms with E-state index in [9.17, 15) is 5.11 Å². The van der Waals surface area contributed by atoms with E-state index in [0.717, 1.165) is 37.3 Å². The number of nitrogens with one attached hydrogen (secondary N) is 1. The van der Waals surface area contributed by atoms with Gasteiger partial charge in [-0.25, -0.2) is 4.98 Å². The summed E-state index contributed by atoms with van der Waals surface area (Å²) >= 11 is 6.05. The maximum atomic E-state index is 9.94. The van der Waals surface area contributed by atoms with E-state index >= 15 is 0 Å². The van der Waals surface area contributed by atoms with Crippen LogP contribution in [0, 0.1) is 0 Å². The molecule has 4 nitrogen and oxygen atoms in total. The fourth-order valence-corrected chi connectivity index (χ4v) is 2.41. The summed E-state index contributed by atoms with van der Waals surface area (Å²) in [7, 11) is 1.81. The molecule has 2 rings (SSSR count). The SMILES string of the molecule is CNCC(O)c1c(Cl)nc2n1CCCC2. The molecule has 0 saturated carbocycles. The number of halogens is 1. The Balaban J connectivity index is 2.32. The Hall–Kier alpha value is -0.580. The summed E-state index contributed by atoms with van der Waals surface area (Å²) in [4.78, 5) is 4.30. The Bertz CT molecular complexity index is 351. The molecule has 5 heteroatoms. The van der Waals surface area contributed by atoms with E-state index in [1.165, 1.54) is 0 Å². The van der Waals surface area contributed by atoms with Gasteiger partial charge in [0.25, 0.3) is 0 Å². The summed E-state index contributed by atoms with van der Waals surface area (Å²) in [6.45, 7) is 1.43. The molecule has 1 aromatic heterocycles. The smallest absolute Gasteiger partial charge is 0.153 e. The summed E-state index contributed by atoms with van der Waals surface area (Å²) in [5.74, 6) is 1.01. The van der Waals surface area contributed by atoms with Crippen LogP contribution in [-0.2, 0) is 13.0 Å². The summed E-state index contributed by atoms with van der Waals surface area (Å²) in [5.41, 5.74) is 0.765. The highest BCUT2D eigenvalue weighted by molar-refractivity contribution is 6.30. The van der Waals surface area contributed by atoms with E-state index in [-0.39, 0.29) is 0 Å². The van der Waals surface area contributed by atoms with Gasteiger partial charge in [0, 0.05) is 19.5 Å². The van der Waals surface area contributed by atoms with Crippen molar-refractivity contribution in [3.63, 3.8) is 0 Å². The van der Waals surface area contributed by atoms with Crippen molar-refractivity contribution < 1.29 is 5.11 Å². The fraction of sp³-hybridized carbons (Fsp3) is 0.700. The normalized spacial score (nSPS) is 17.5. The van der Waals surface area contributed by atoms with Crippen LogP contribution in [0.1, 0.15) is 30.5 Å². The molecule has 0 amide bonds. The molecule has 0 radical (unpaired) electrons. The third kappa shape index (κ3) is 2.02. The maximum Gasteiger partial charge on any atom is 0.153 e. The average Bonchev–Trinajstić information content (AvgIpc) is 2.54. The third-order valence-corrected chi connectivity index (χ3v) is 3.06. The van der Waals surface area contributed by atoms with E-state index in [1.54, 1.807) is 0 Å². The quantitative estimate of drug-likeness (QED) is 0.817. The second kappa shape index (κ2) is 4.51. The van der Waals surface area contributed by atoms with Crippen LogP contribution in [0.2, 0.25) is 5.15 Å². The summed E-state index contributed by atoms with van der Waals surface area (Å²) < 4.78 is 2.06. The first-order chi connectivity index (χ1) is 7.24. The van der Waals surface area contributed by atoms with Crippen molar-refractivity contribution in [2.24, 2.45) is 0 Å². The zero-order valence-corrected chi connectivity index (χ0v) is 9.59. The van der Waals surface area contributed by atoms with E-state index in [0.29, 0.717) is 11.7 Å². The first-order valence-corrected chi connectivity index (χ1v) is 5.69. The standard InChI is InChI=1S/C10H16ClN3O/c1-12-6-7(15)9-10(11)13-8-4-2-3-5-14(8)9/h7,12,15H,2-6H2,1H3. The highest BCUT2D eigenvalue weighted by atomic mass is 35.5. The molecule has 1 aromatic rings. The second-order valence-corrected chi connectivity index (χ2v) is 4.24. The zero-order valence-electron chi connectivity index (χ0n) is 8.83. The molecule has 2 N–H and O–H groups in total. The Kier molecular flexibility index (Phi) is 3.29. The molecular formula is C10H16ClN3O. The van der Waals surface area contributed by atoms with Gasteiger partial charge in [0.15, 0.2) is 5.15 Å². The van der Waals surface area contributed by atoms with Gasteiger partial charge in [-0.2, -0.15) is 0 Å². The highest BCUT2D eigenvalue weighted by Crippen LogP contribution is 2.27. The number of fused-ring (bicyclic) bond motifs is 1. The average molecular weight is 230 g/mol. The molecule has 1 aliphatic rings. The molecule has 84 valence electrons. The Labute approximate surface area is 94.3 Å². The number of aliphatic hydroxyl groups is 1. The molecule has 1 atom stereocenters. The van der Waals surface area contributed by atoms with Crippen LogP contribution in [0.5, 0.6) is 0 Å². The van der Waals surface area contributed by atoms with E-state index in [4.69, 9.17) is 11.6 Å². The molecule has 0 fully saturated rings. The number of likely N-dealkylation sites (N-methyl/N-ethyl adjacent to an activating group) is 1. The zero-order chi connectivity index (χ0) is 10.8. The number of hydrogen-bond acceptors (Lipinski definition) is 3. The minimum atomic E-state index is -0.568. The van der Waals surface area contributed by atoms with Crippen molar-refractivity contribution in [1.29, 1.82) is 0 Å². The van der Waals surface area contributed by atoms with Gasteiger partial charge in [-0.05, 0) is 19.9 Å². The van der Waals surface area contributed by atoms with Gasteiger partial charge in [0.05, 0.1) is 5.69 Å². The number of hydrogen-bond donors (Lipinski definition) is 2. The summed E-state index contributed by atoms with van der Waals surface area (Å²) in [5, 5.41) is 13.3. The largest absolute Gasteiger partial charge is 0.385 e. The van der Waals surface area contributed by atoms with Crippen molar-refractivity contribution in [1.82, 2.24) is 14.9 Å². The lowest BCUT2D eigenvalue weighted by Gasteiger charge is -2.19. The molecule has 15 heavy (non-hydrogen) atoms. The minimum Gasteiger partial charge on any atom is -0.385 e. The minimum absolute atomic E-state index is 0.453. The number of aromatic nitrogens is 2. The van der Waals surface area contributed by atoms with Crippen LogP contribution in [0.25, 0.3) is 0 Å². The van der Waals surface area contributed by atoms with Crippen LogP contribution < -0.4 is 5.32 Å². The fourth-order valence-electron chi connectivity index (χ4n) is 2.08. The molecule has 0 aromatic carbocycles.